The summed E-state index contributed by atoms with van der Waals surface area (Å²) in [5, 5.41) is 13.1. The van der Waals surface area contributed by atoms with E-state index in [4.69, 9.17) is 0 Å². The lowest BCUT2D eigenvalue weighted by Gasteiger charge is -2.15. The van der Waals surface area contributed by atoms with Crippen molar-refractivity contribution in [1.82, 2.24) is 5.32 Å². The van der Waals surface area contributed by atoms with E-state index in [9.17, 15) is 24.5 Å². The summed E-state index contributed by atoms with van der Waals surface area (Å²) in [6.07, 6.45) is 0.206. The predicted octanol–water partition coefficient (Wildman–Crippen LogP) is 1.24. The van der Waals surface area contributed by atoms with Crippen LogP contribution in [-0.2, 0) is 14.3 Å². The zero-order valence-corrected chi connectivity index (χ0v) is 12.2. The highest BCUT2D eigenvalue weighted by atomic mass is 16.6. The van der Waals surface area contributed by atoms with E-state index < -0.39 is 22.8 Å². The second-order valence-electron chi connectivity index (χ2n) is 4.60. The van der Waals surface area contributed by atoms with Crippen LogP contribution >= 0.6 is 0 Å². The van der Waals surface area contributed by atoms with Crippen molar-refractivity contribution < 1.29 is 24.0 Å². The quantitative estimate of drug-likeness (QED) is 0.460. The van der Waals surface area contributed by atoms with Gasteiger partial charge in [0.15, 0.2) is 0 Å². The van der Waals surface area contributed by atoms with Gasteiger partial charge in [0.25, 0.3) is 11.6 Å². The zero-order valence-electron chi connectivity index (χ0n) is 12.2. The molecule has 0 aliphatic rings. The third-order valence-electron chi connectivity index (χ3n) is 2.90. The molecule has 1 aromatic rings. The molecule has 0 radical (unpaired) electrons. The number of nitro benzene ring substituents is 1. The number of amides is 1. The Balaban J connectivity index is 2.85. The highest BCUT2D eigenvalue weighted by Crippen LogP contribution is 2.13. The molecule has 0 heterocycles. The highest BCUT2D eigenvalue weighted by molar-refractivity contribution is 5.97. The Morgan fingerprint density at radius 3 is 2.59 bits per heavy atom. The minimum Gasteiger partial charge on any atom is -0.467 e. The van der Waals surface area contributed by atoms with Gasteiger partial charge in [-0.25, -0.2) is 4.79 Å². The molecule has 8 nitrogen and oxygen atoms in total. The minimum absolute atomic E-state index is 0.0472. The maximum Gasteiger partial charge on any atom is 0.328 e. The van der Waals surface area contributed by atoms with Gasteiger partial charge in [0.05, 0.1) is 12.0 Å². The number of esters is 1. The Morgan fingerprint density at radius 2 is 2.05 bits per heavy atom. The number of nitro groups is 1. The Labute approximate surface area is 126 Å². The van der Waals surface area contributed by atoms with Gasteiger partial charge >= 0.3 is 5.97 Å². The van der Waals surface area contributed by atoms with Crippen LogP contribution in [0.1, 0.15) is 30.1 Å². The molecule has 1 aromatic carbocycles. The van der Waals surface area contributed by atoms with Crippen molar-refractivity contribution >= 4 is 23.3 Å². The van der Waals surface area contributed by atoms with Crippen LogP contribution in [0.4, 0.5) is 5.69 Å². The Morgan fingerprint density at radius 1 is 1.36 bits per heavy atom. The predicted molar refractivity (Wildman–Crippen MR) is 76.3 cm³/mol. The van der Waals surface area contributed by atoms with Gasteiger partial charge in [0, 0.05) is 24.1 Å². The third-order valence-corrected chi connectivity index (χ3v) is 2.90. The van der Waals surface area contributed by atoms with E-state index in [-0.39, 0.29) is 29.9 Å². The molecule has 1 rings (SSSR count). The summed E-state index contributed by atoms with van der Waals surface area (Å²) in [6, 6.07) is 4.14. The van der Waals surface area contributed by atoms with Crippen molar-refractivity contribution in [2.45, 2.75) is 25.8 Å². The van der Waals surface area contributed by atoms with E-state index in [0.717, 1.165) is 6.07 Å². The van der Waals surface area contributed by atoms with Crippen molar-refractivity contribution in [2.75, 3.05) is 7.11 Å². The van der Waals surface area contributed by atoms with E-state index in [1.54, 1.807) is 0 Å². The maximum atomic E-state index is 12.1. The van der Waals surface area contributed by atoms with Gasteiger partial charge in [-0.15, -0.1) is 0 Å². The van der Waals surface area contributed by atoms with Crippen LogP contribution in [0.25, 0.3) is 0 Å². The maximum absolute atomic E-state index is 12.1. The van der Waals surface area contributed by atoms with Gasteiger partial charge in [-0.3, -0.25) is 14.9 Å². The number of non-ortho nitro benzene ring substituents is 1. The average Bonchev–Trinajstić information content (AvgIpc) is 2.50. The van der Waals surface area contributed by atoms with Gasteiger partial charge in [0.1, 0.15) is 11.8 Å². The molecular formula is C14H16N2O6. The molecule has 8 heteroatoms. The van der Waals surface area contributed by atoms with Gasteiger partial charge in [-0.2, -0.15) is 0 Å². The Hall–Kier alpha value is -2.77. The summed E-state index contributed by atoms with van der Waals surface area (Å²) < 4.78 is 4.57. The first kappa shape index (κ1) is 17.3. The molecule has 1 atom stereocenters. The van der Waals surface area contributed by atoms with Crippen LogP contribution in [0.2, 0.25) is 0 Å². The molecule has 0 bridgehead atoms. The van der Waals surface area contributed by atoms with Crippen LogP contribution < -0.4 is 5.32 Å². The number of ether oxygens (including phenoxy) is 1. The third kappa shape index (κ3) is 4.97. The van der Waals surface area contributed by atoms with E-state index in [1.165, 1.54) is 32.2 Å². The number of benzene rings is 1. The summed E-state index contributed by atoms with van der Waals surface area (Å²) in [5.74, 6) is -1.46. The molecule has 0 aliphatic carbocycles. The lowest BCUT2D eigenvalue weighted by atomic mass is 10.1. The van der Waals surface area contributed by atoms with Gasteiger partial charge in [-0.05, 0) is 19.4 Å². The van der Waals surface area contributed by atoms with Crippen LogP contribution in [-0.4, -0.2) is 35.7 Å². The topological polar surface area (TPSA) is 116 Å². The lowest BCUT2D eigenvalue weighted by Crippen LogP contribution is -2.41. The van der Waals surface area contributed by atoms with Crippen LogP contribution in [0.5, 0.6) is 0 Å². The first-order chi connectivity index (χ1) is 10.3. The van der Waals surface area contributed by atoms with E-state index in [1.807, 2.05) is 0 Å². The summed E-state index contributed by atoms with van der Waals surface area (Å²) in [5.41, 5.74) is -0.183. The van der Waals surface area contributed by atoms with Crippen molar-refractivity contribution in [3.63, 3.8) is 0 Å². The molecule has 0 fully saturated rings. The second-order valence-corrected chi connectivity index (χ2v) is 4.60. The number of methoxy groups -OCH3 is 1. The number of rotatable bonds is 7. The minimum atomic E-state index is -0.985. The van der Waals surface area contributed by atoms with Gasteiger partial charge in [-0.1, -0.05) is 6.07 Å². The number of hydrogen-bond donors (Lipinski definition) is 1. The fourth-order valence-corrected chi connectivity index (χ4v) is 1.74. The number of nitrogens with zero attached hydrogens (tertiary/aromatic N) is 1. The summed E-state index contributed by atoms with van der Waals surface area (Å²) >= 11 is 0. The van der Waals surface area contributed by atoms with Crippen molar-refractivity contribution in [1.29, 1.82) is 0 Å². The molecule has 118 valence electrons. The average molecular weight is 308 g/mol. The van der Waals surface area contributed by atoms with E-state index >= 15 is 0 Å². The normalized spacial score (nSPS) is 11.4. The van der Waals surface area contributed by atoms with Crippen LogP contribution in [0, 0.1) is 10.1 Å². The molecule has 22 heavy (non-hydrogen) atoms. The molecular weight excluding hydrogens is 292 g/mol. The monoisotopic (exact) mass is 308 g/mol. The SMILES string of the molecule is COC(=O)[C@H](CCC(C)=O)NC(=O)c1cccc([N+](=O)[O-])c1. The number of nitrogens with one attached hydrogen (secondary N) is 1. The fourth-order valence-electron chi connectivity index (χ4n) is 1.74. The largest absolute Gasteiger partial charge is 0.467 e. The number of carbonyl (C=O) groups excluding carboxylic acids is 3. The molecule has 0 saturated carbocycles. The van der Waals surface area contributed by atoms with Crippen molar-refractivity contribution in [3.8, 4) is 0 Å². The first-order valence-corrected chi connectivity index (χ1v) is 6.47. The number of carbonyl (C=O) groups is 3. The van der Waals surface area contributed by atoms with Crippen molar-refractivity contribution in [3.05, 3.63) is 39.9 Å². The molecule has 0 aliphatic heterocycles. The fraction of sp³-hybridized carbons (Fsp3) is 0.357. The summed E-state index contributed by atoms with van der Waals surface area (Å²) in [6.45, 7) is 1.37. The second kappa shape index (κ2) is 7.87. The number of Topliss-reactive ketones (excluding diaryl/α,β-unsaturated/α-hetero) is 1. The Kier molecular flexibility index (Phi) is 6.18. The molecule has 0 spiro atoms. The standard InChI is InChI=1S/C14H16N2O6/c1-9(17)6-7-12(14(19)22-2)15-13(18)10-4-3-5-11(8-10)16(20)21/h3-5,8,12H,6-7H2,1-2H3,(H,15,18)/t12-/m0/s1. The molecule has 1 N–H and O–H groups in total. The highest BCUT2D eigenvalue weighted by Gasteiger charge is 2.23. The zero-order chi connectivity index (χ0) is 16.7. The smallest absolute Gasteiger partial charge is 0.328 e. The van der Waals surface area contributed by atoms with E-state index in [2.05, 4.69) is 10.1 Å². The lowest BCUT2D eigenvalue weighted by molar-refractivity contribution is -0.384. The molecule has 1 amide bonds. The van der Waals surface area contributed by atoms with Gasteiger partial charge < -0.3 is 14.8 Å². The van der Waals surface area contributed by atoms with Crippen molar-refractivity contribution in [2.24, 2.45) is 0 Å². The summed E-state index contributed by atoms with van der Waals surface area (Å²) in [4.78, 5) is 44.7. The Bertz CT molecular complexity index is 599. The summed E-state index contributed by atoms with van der Waals surface area (Å²) in [7, 11) is 1.17. The van der Waals surface area contributed by atoms with Gasteiger partial charge in [0.2, 0.25) is 0 Å². The number of ketones is 1. The molecule has 0 unspecified atom stereocenters. The number of hydrogen-bond acceptors (Lipinski definition) is 6. The van der Waals surface area contributed by atoms with Crippen LogP contribution in [0.3, 0.4) is 0 Å². The molecule has 0 saturated heterocycles. The first-order valence-electron chi connectivity index (χ1n) is 6.47. The molecule has 0 aromatic heterocycles. The van der Waals surface area contributed by atoms with E-state index in [0.29, 0.717) is 0 Å². The van der Waals surface area contributed by atoms with Crippen LogP contribution in [0.15, 0.2) is 24.3 Å².